The Bertz CT molecular complexity index is 847. The number of amides is 1. The molecule has 1 atom stereocenters. The van der Waals surface area contributed by atoms with E-state index in [0.717, 1.165) is 11.3 Å². The predicted octanol–water partition coefficient (Wildman–Crippen LogP) is 1.37. The van der Waals surface area contributed by atoms with Gasteiger partial charge in [0.25, 0.3) is 15.9 Å². The van der Waals surface area contributed by atoms with E-state index in [4.69, 9.17) is 4.74 Å². The number of nitrogens with zero attached hydrogens (tertiary/aromatic N) is 2. The molecular weight excluding hydrogens is 328 g/mol. The fraction of sp³-hybridized carbons (Fsp3) is 0.250. The lowest BCUT2D eigenvalue weighted by molar-refractivity contribution is -0.122. The molecule has 2 heterocycles. The second-order valence-electron chi connectivity index (χ2n) is 4.64. The third kappa shape index (κ3) is 2.74. The van der Waals surface area contributed by atoms with E-state index < -0.39 is 16.1 Å². The quantitative estimate of drug-likeness (QED) is 0.873. The van der Waals surface area contributed by atoms with Gasteiger partial charge in [0.1, 0.15) is 10.8 Å². The van der Waals surface area contributed by atoms with E-state index in [1.807, 2.05) is 0 Å². The van der Waals surface area contributed by atoms with Crippen LogP contribution < -0.4 is 14.8 Å². The van der Waals surface area contributed by atoms with Crippen molar-refractivity contribution in [2.75, 3.05) is 10.0 Å². The number of hydrogen-bond donors (Lipinski definition) is 2. The molecule has 1 aliphatic heterocycles. The predicted molar refractivity (Wildman–Crippen MR) is 80.6 cm³/mol. The van der Waals surface area contributed by atoms with Crippen molar-refractivity contribution in [1.29, 1.82) is 0 Å². The Labute approximate surface area is 130 Å². The van der Waals surface area contributed by atoms with Crippen molar-refractivity contribution in [3.63, 3.8) is 0 Å². The van der Waals surface area contributed by atoms with E-state index in [1.165, 1.54) is 18.2 Å². The van der Waals surface area contributed by atoms with Crippen molar-refractivity contribution in [1.82, 2.24) is 10.2 Å². The lowest BCUT2D eigenvalue weighted by atomic mass is 10.2. The number of sulfonamides is 1. The van der Waals surface area contributed by atoms with Crippen LogP contribution in [0.25, 0.3) is 0 Å². The molecule has 2 aromatic rings. The maximum atomic E-state index is 12.3. The summed E-state index contributed by atoms with van der Waals surface area (Å²) in [5.74, 6) is 0.104. The van der Waals surface area contributed by atoms with Crippen LogP contribution in [0.4, 0.5) is 10.8 Å². The summed E-state index contributed by atoms with van der Waals surface area (Å²) in [5.41, 5.74) is 0.319. The van der Waals surface area contributed by atoms with Crippen LogP contribution in [0, 0.1) is 6.92 Å². The fourth-order valence-electron chi connectivity index (χ4n) is 1.87. The van der Waals surface area contributed by atoms with E-state index in [1.54, 1.807) is 13.8 Å². The van der Waals surface area contributed by atoms with E-state index in [-0.39, 0.29) is 15.9 Å². The molecule has 0 saturated carbocycles. The molecule has 22 heavy (non-hydrogen) atoms. The fourth-order valence-corrected chi connectivity index (χ4v) is 3.71. The van der Waals surface area contributed by atoms with Crippen LogP contribution in [0.15, 0.2) is 23.1 Å². The van der Waals surface area contributed by atoms with Crippen molar-refractivity contribution >= 4 is 38.1 Å². The summed E-state index contributed by atoms with van der Waals surface area (Å²) in [6.45, 7) is 3.34. The van der Waals surface area contributed by atoms with Gasteiger partial charge < -0.3 is 10.1 Å². The first kappa shape index (κ1) is 14.7. The molecule has 0 unspecified atom stereocenters. The summed E-state index contributed by atoms with van der Waals surface area (Å²) < 4.78 is 32.4. The first-order valence-corrected chi connectivity index (χ1v) is 8.59. The standard InChI is InChI=1S/C12H12N4O4S2/c1-6-11(17)13-9-5-8(3-4-10(9)20-6)22(18,19)16-12-15-14-7(2)21-12/h3-6H,1-2H3,(H,13,17)(H,15,16)/t6-/m0/s1. The molecule has 0 fully saturated rings. The minimum Gasteiger partial charge on any atom is -0.479 e. The molecule has 1 aromatic heterocycles. The summed E-state index contributed by atoms with van der Waals surface area (Å²) in [4.78, 5) is 11.6. The van der Waals surface area contributed by atoms with Crippen LogP contribution in [-0.4, -0.2) is 30.6 Å². The van der Waals surface area contributed by atoms with Crippen molar-refractivity contribution in [2.45, 2.75) is 24.8 Å². The number of hydrogen-bond acceptors (Lipinski definition) is 7. The Hall–Kier alpha value is -2.20. The number of aryl methyl sites for hydroxylation is 1. The molecule has 8 nitrogen and oxygen atoms in total. The Kier molecular flexibility index (Phi) is 3.49. The average Bonchev–Trinajstić information content (AvgIpc) is 2.84. The smallest absolute Gasteiger partial charge is 0.265 e. The second kappa shape index (κ2) is 5.21. The van der Waals surface area contributed by atoms with Gasteiger partial charge in [-0.15, -0.1) is 10.2 Å². The van der Waals surface area contributed by atoms with Gasteiger partial charge in [-0.25, -0.2) is 8.42 Å². The third-order valence-corrected chi connectivity index (χ3v) is 5.16. The first-order chi connectivity index (χ1) is 10.3. The van der Waals surface area contributed by atoms with Crippen molar-refractivity contribution < 1.29 is 17.9 Å². The summed E-state index contributed by atoms with van der Waals surface area (Å²) >= 11 is 1.13. The molecule has 0 spiro atoms. The Morgan fingerprint density at radius 3 is 2.82 bits per heavy atom. The number of carbonyl (C=O) groups excluding carboxylic acids is 1. The molecule has 2 N–H and O–H groups in total. The molecule has 116 valence electrons. The maximum Gasteiger partial charge on any atom is 0.265 e. The molecule has 0 aliphatic carbocycles. The number of anilines is 2. The van der Waals surface area contributed by atoms with Crippen molar-refractivity contribution in [2.24, 2.45) is 0 Å². The summed E-state index contributed by atoms with van der Waals surface area (Å²) in [6.07, 6.45) is -0.613. The van der Waals surface area contributed by atoms with Gasteiger partial charge in [-0.05, 0) is 32.0 Å². The van der Waals surface area contributed by atoms with Crippen LogP contribution in [0.2, 0.25) is 0 Å². The number of nitrogens with one attached hydrogen (secondary N) is 2. The number of rotatable bonds is 3. The highest BCUT2D eigenvalue weighted by Crippen LogP contribution is 2.32. The van der Waals surface area contributed by atoms with Gasteiger partial charge in [0.05, 0.1) is 10.6 Å². The molecule has 0 bridgehead atoms. The topological polar surface area (TPSA) is 110 Å². The number of carbonyl (C=O) groups is 1. The second-order valence-corrected chi connectivity index (χ2v) is 7.50. The lowest BCUT2D eigenvalue weighted by Gasteiger charge is -2.23. The number of aromatic nitrogens is 2. The zero-order valence-corrected chi connectivity index (χ0v) is 13.3. The maximum absolute atomic E-state index is 12.3. The van der Waals surface area contributed by atoms with Crippen molar-refractivity contribution in [3.8, 4) is 5.75 Å². The first-order valence-electron chi connectivity index (χ1n) is 6.30. The molecule has 0 saturated heterocycles. The Balaban J connectivity index is 1.92. The number of ether oxygens (including phenoxy) is 1. The minimum atomic E-state index is -3.81. The monoisotopic (exact) mass is 340 g/mol. The van der Waals surface area contributed by atoms with Gasteiger partial charge in [-0.3, -0.25) is 9.52 Å². The Morgan fingerprint density at radius 2 is 2.14 bits per heavy atom. The van der Waals surface area contributed by atoms with Gasteiger partial charge in [0.2, 0.25) is 5.13 Å². The molecular formula is C12H12N4O4S2. The molecule has 0 radical (unpaired) electrons. The third-order valence-electron chi connectivity index (χ3n) is 2.94. The van der Waals surface area contributed by atoms with Crippen LogP contribution in [0.5, 0.6) is 5.75 Å². The van der Waals surface area contributed by atoms with Gasteiger partial charge in [0, 0.05) is 0 Å². The van der Waals surface area contributed by atoms with Gasteiger partial charge in [-0.1, -0.05) is 11.3 Å². The average molecular weight is 340 g/mol. The van der Waals surface area contributed by atoms with Crippen LogP contribution in [-0.2, 0) is 14.8 Å². The minimum absolute atomic E-state index is 0.00226. The largest absolute Gasteiger partial charge is 0.479 e. The molecule has 1 aromatic carbocycles. The summed E-state index contributed by atoms with van der Waals surface area (Å²) in [5, 5.41) is 10.9. The highest BCUT2D eigenvalue weighted by atomic mass is 32.2. The van der Waals surface area contributed by atoms with Gasteiger partial charge in [0.15, 0.2) is 6.10 Å². The zero-order chi connectivity index (χ0) is 15.9. The summed E-state index contributed by atoms with van der Waals surface area (Å²) in [6, 6.07) is 4.25. The highest BCUT2D eigenvalue weighted by molar-refractivity contribution is 7.93. The van der Waals surface area contributed by atoms with E-state index in [2.05, 4.69) is 20.2 Å². The van der Waals surface area contributed by atoms with E-state index in [0.29, 0.717) is 16.4 Å². The normalized spacial score (nSPS) is 17.4. The molecule has 3 rings (SSSR count). The number of benzene rings is 1. The van der Waals surface area contributed by atoms with Gasteiger partial charge >= 0.3 is 0 Å². The van der Waals surface area contributed by atoms with Crippen LogP contribution in [0.3, 0.4) is 0 Å². The highest BCUT2D eigenvalue weighted by Gasteiger charge is 2.26. The Morgan fingerprint density at radius 1 is 1.36 bits per heavy atom. The summed E-state index contributed by atoms with van der Waals surface area (Å²) in [7, 11) is -3.81. The van der Waals surface area contributed by atoms with E-state index >= 15 is 0 Å². The molecule has 10 heteroatoms. The lowest BCUT2D eigenvalue weighted by Crippen LogP contribution is -2.34. The zero-order valence-electron chi connectivity index (χ0n) is 11.7. The van der Waals surface area contributed by atoms with Crippen molar-refractivity contribution in [3.05, 3.63) is 23.2 Å². The van der Waals surface area contributed by atoms with Crippen LogP contribution >= 0.6 is 11.3 Å². The SMILES string of the molecule is Cc1nnc(NS(=O)(=O)c2ccc3c(c2)NC(=O)[C@H](C)O3)s1. The molecule has 1 amide bonds. The number of fused-ring (bicyclic) bond motifs is 1. The van der Waals surface area contributed by atoms with Gasteiger partial charge in [-0.2, -0.15) is 0 Å². The van der Waals surface area contributed by atoms with Crippen LogP contribution in [0.1, 0.15) is 11.9 Å². The molecule has 1 aliphatic rings. The van der Waals surface area contributed by atoms with E-state index in [9.17, 15) is 13.2 Å².